The second-order valence-electron chi connectivity index (χ2n) is 7.36. The Kier molecular flexibility index (Phi) is 5.45. The second kappa shape index (κ2) is 5.33. The lowest BCUT2D eigenvalue weighted by atomic mass is 9.69. The van der Waals surface area contributed by atoms with Crippen molar-refractivity contribution in [3.05, 3.63) is 0 Å². The van der Waals surface area contributed by atoms with Gasteiger partial charge >= 0.3 is 0 Å². The topological polar surface area (TPSA) is 0 Å². The van der Waals surface area contributed by atoms with Crippen LogP contribution in [0, 0.1) is 16.7 Å². The summed E-state index contributed by atoms with van der Waals surface area (Å²) in [7, 11) is 0. The summed E-state index contributed by atoms with van der Waals surface area (Å²) in [6.45, 7) is 19.0. The predicted octanol–water partition coefficient (Wildman–Crippen LogP) is 5.62. The fourth-order valence-electron chi connectivity index (χ4n) is 2.23. The van der Waals surface area contributed by atoms with Gasteiger partial charge in [0.15, 0.2) is 0 Å². The van der Waals surface area contributed by atoms with Gasteiger partial charge in [0.05, 0.1) is 0 Å². The molecule has 0 radical (unpaired) electrons. The Bertz CT molecular complexity index is 206. The largest absolute Gasteiger partial charge is 0.158 e. The van der Waals surface area contributed by atoms with Crippen molar-refractivity contribution in [1.29, 1.82) is 0 Å². The molecule has 0 saturated heterocycles. The van der Waals surface area contributed by atoms with E-state index in [4.69, 9.17) is 0 Å². The first kappa shape index (κ1) is 16.4. The fraction of sp³-hybridized carbons (Fsp3) is 1.00. The molecule has 1 heteroatoms. The maximum absolute atomic E-state index is 2.44. The van der Waals surface area contributed by atoms with E-state index in [9.17, 15) is 0 Å². The van der Waals surface area contributed by atoms with Gasteiger partial charge in [-0.15, -0.1) is 0 Å². The lowest BCUT2D eigenvalue weighted by Crippen LogP contribution is -2.40. The van der Waals surface area contributed by atoms with Gasteiger partial charge in [0, 0.05) is 4.75 Å². The van der Waals surface area contributed by atoms with E-state index in [0.29, 0.717) is 15.6 Å². The van der Waals surface area contributed by atoms with Gasteiger partial charge in [-0.25, -0.2) is 0 Å². The minimum Gasteiger partial charge on any atom is -0.158 e. The molecule has 0 heterocycles. The third-order valence-electron chi connectivity index (χ3n) is 4.39. The minimum atomic E-state index is 0.366. The van der Waals surface area contributed by atoms with Crippen molar-refractivity contribution in [2.45, 2.75) is 73.0 Å². The molecule has 0 spiro atoms. The van der Waals surface area contributed by atoms with Crippen molar-refractivity contribution in [3.8, 4) is 0 Å². The van der Waals surface area contributed by atoms with Crippen LogP contribution in [0.4, 0.5) is 0 Å². The molecule has 0 N–H and O–H groups in total. The molecule has 0 bridgehead atoms. The van der Waals surface area contributed by atoms with Crippen LogP contribution in [0.2, 0.25) is 0 Å². The van der Waals surface area contributed by atoms with Crippen molar-refractivity contribution >= 4 is 11.8 Å². The zero-order chi connectivity index (χ0) is 13.2. The highest BCUT2D eigenvalue weighted by Crippen LogP contribution is 2.48. The molecular weight excluding hydrogens is 212 g/mol. The highest BCUT2D eigenvalue weighted by molar-refractivity contribution is 8.00. The lowest BCUT2D eigenvalue weighted by molar-refractivity contribution is 0.161. The van der Waals surface area contributed by atoms with E-state index in [1.165, 1.54) is 12.8 Å². The summed E-state index contributed by atoms with van der Waals surface area (Å²) in [5.41, 5.74) is 0.794. The molecule has 0 fully saturated rings. The van der Waals surface area contributed by atoms with E-state index >= 15 is 0 Å². The average Bonchev–Trinajstić information content (AvgIpc) is 2.09. The van der Waals surface area contributed by atoms with E-state index in [2.05, 4.69) is 61.6 Å². The molecule has 0 amide bonds. The second-order valence-corrected chi connectivity index (χ2v) is 8.67. The van der Waals surface area contributed by atoms with Crippen LogP contribution in [-0.2, 0) is 0 Å². The Hall–Kier alpha value is 0.350. The van der Waals surface area contributed by atoms with Crippen LogP contribution in [0.3, 0.4) is 0 Å². The number of hydrogen-bond acceptors (Lipinski definition) is 1. The standard InChI is InChI=1S/C15H32S/c1-10-12(13(2,3)4)11-15(8,16-9)14(5,6)7/h12H,10-11H2,1-9H3. The van der Waals surface area contributed by atoms with Crippen molar-refractivity contribution in [2.24, 2.45) is 16.7 Å². The number of hydrogen-bond donors (Lipinski definition) is 0. The Morgan fingerprint density at radius 2 is 1.38 bits per heavy atom. The molecular formula is C15H32S. The molecule has 0 aromatic heterocycles. The fourth-order valence-corrected chi connectivity index (χ4v) is 3.21. The maximum Gasteiger partial charge on any atom is 0.0180 e. The van der Waals surface area contributed by atoms with Crippen LogP contribution < -0.4 is 0 Å². The number of thioether (sulfide) groups is 1. The van der Waals surface area contributed by atoms with E-state index in [-0.39, 0.29) is 0 Å². The monoisotopic (exact) mass is 244 g/mol. The summed E-state index contributed by atoms with van der Waals surface area (Å²) < 4.78 is 0.376. The van der Waals surface area contributed by atoms with Gasteiger partial charge in [-0.05, 0) is 36.3 Å². The van der Waals surface area contributed by atoms with Crippen LogP contribution in [0.1, 0.15) is 68.2 Å². The van der Waals surface area contributed by atoms with Crippen molar-refractivity contribution in [2.75, 3.05) is 6.26 Å². The predicted molar refractivity (Wildman–Crippen MR) is 79.2 cm³/mol. The normalized spacial score (nSPS) is 19.3. The zero-order valence-electron chi connectivity index (χ0n) is 12.9. The van der Waals surface area contributed by atoms with Gasteiger partial charge in [-0.2, -0.15) is 11.8 Å². The number of rotatable bonds is 4. The SMILES string of the molecule is CCC(CC(C)(SC)C(C)(C)C)C(C)(C)C. The van der Waals surface area contributed by atoms with Crippen molar-refractivity contribution < 1.29 is 0 Å². The first-order valence-corrected chi connectivity index (χ1v) is 7.75. The average molecular weight is 244 g/mol. The van der Waals surface area contributed by atoms with E-state index in [1.807, 2.05) is 11.8 Å². The van der Waals surface area contributed by atoms with Crippen LogP contribution in [0.5, 0.6) is 0 Å². The quantitative estimate of drug-likeness (QED) is 0.619. The van der Waals surface area contributed by atoms with E-state index in [0.717, 1.165) is 5.92 Å². The van der Waals surface area contributed by atoms with Crippen LogP contribution in [0.25, 0.3) is 0 Å². The molecule has 2 unspecified atom stereocenters. The molecule has 0 aromatic carbocycles. The van der Waals surface area contributed by atoms with Gasteiger partial charge in [0.25, 0.3) is 0 Å². The maximum atomic E-state index is 2.44. The summed E-state index contributed by atoms with van der Waals surface area (Å²) in [6, 6.07) is 0. The molecule has 98 valence electrons. The molecule has 0 rings (SSSR count). The molecule has 2 atom stereocenters. The van der Waals surface area contributed by atoms with Crippen LogP contribution >= 0.6 is 11.8 Å². The molecule has 0 aromatic rings. The third kappa shape index (κ3) is 3.98. The highest BCUT2D eigenvalue weighted by Gasteiger charge is 2.40. The first-order chi connectivity index (χ1) is 6.98. The lowest BCUT2D eigenvalue weighted by Gasteiger charge is -2.45. The summed E-state index contributed by atoms with van der Waals surface area (Å²) >= 11 is 2.04. The zero-order valence-corrected chi connectivity index (χ0v) is 13.7. The van der Waals surface area contributed by atoms with Gasteiger partial charge in [0.1, 0.15) is 0 Å². The van der Waals surface area contributed by atoms with Gasteiger partial charge < -0.3 is 0 Å². The van der Waals surface area contributed by atoms with Gasteiger partial charge in [-0.1, -0.05) is 54.9 Å². The van der Waals surface area contributed by atoms with Gasteiger partial charge in [0.2, 0.25) is 0 Å². The molecule has 0 aliphatic heterocycles. The Labute approximate surface area is 108 Å². The van der Waals surface area contributed by atoms with Crippen LogP contribution in [-0.4, -0.2) is 11.0 Å². The summed E-state index contributed by atoms with van der Waals surface area (Å²) in [4.78, 5) is 0. The highest BCUT2D eigenvalue weighted by atomic mass is 32.2. The van der Waals surface area contributed by atoms with E-state index in [1.54, 1.807) is 0 Å². The third-order valence-corrected chi connectivity index (χ3v) is 6.07. The van der Waals surface area contributed by atoms with Crippen molar-refractivity contribution in [3.63, 3.8) is 0 Å². The van der Waals surface area contributed by atoms with Crippen molar-refractivity contribution in [1.82, 2.24) is 0 Å². The summed E-state index contributed by atoms with van der Waals surface area (Å²) in [6.07, 6.45) is 4.87. The first-order valence-electron chi connectivity index (χ1n) is 6.53. The van der Waals surface area contributed by atoms with Crippen LogP contribution in [0.15, 0.2) is 0 Å². The Morgan fingerprint density at radius 1 is 0.938 bits per heavy atom. The molecule has 16 heavy (non-hydrogen) atoms. The van der Waals surface area contributed by atoms with Gasteiger partial charge in [-0.3, -0.25) is 0 Å². The smallest absolute Gasteiger partial charge is 0.0180 e. The summed E-state index contributed by atoms with van der Waals surface area (Å²) in [5.74, 6) is 0.809. The molecule has 0 saturated carbocycles. The summed E-state index contributed by atoms with van der Waals surface area (Å²) in [5, 5.41) is 0. The Morgan fingerprint density at radius 3 is 1.56 bits per heavy atom. The molecule has 0 aliphatic carbocycles. The Balaban J connectivity index is 4.90. The molecule has 0 aliphatic rings. The minimum absolute atomic E-state index is 0.366. The molecule has 0 nitrogen and oxygen atoms in total. The van der Waals surface area contributed by atoms with E-state index < -0.39 is 0 Å².